The zero-order valence-electron chi connectivity index (χ0n) is 13.7. The van der Waals surface area contributed by atoms with Gasteiger partial charge in [0.05, 0.1) is 0 Å². The molecule has 6 heteroatoms. The van der Waals surface area contributed by atoms with Gasteiger partial charge in [0.2, 0.25) is 5.91 Å². The molecule has 1 heterocycles. The van der Waals surface area contributed by atoms with Gasteiger partial charge in [-0.2, -0.15) is 0 Å². The maximum Gasteiger partial charge on any atom is 0.410 e. The minimum atomic E-state index is -0.474. The number of ether oxygens (including phenoxy) is 1. The third-order valence-electron chi connectivity index (χ3n) is 3.42. The first kappa shape index (κ1) is 17.8. The molecule has 1 saturated heterocycles. The van der Waals surface area contributed by atoms with Crippen LogP contribution in [-0.4, -0.2) is 55.7 Å². The van der Waals surface area contributed by atoms with Gasteiger partial charge in [-0.1, -0.05) is 0 Å². The number of nitrogens with zero attached hydrogens (tertiary/aromatic N) is 1. The van der Waals surface area contributed by atoms with Crippen molar-refractivity contribution in [1.29, 1.82) is 0 Å². The summed E-state index contributed by atoms with van der Waals surface area (Å²) < 4.78 is 5.34. The molecule has 6 nitrogen and oxygen atoms in total. The van der Waals surface area contributed by atoms with Crippen molar-refractivity contribution in [2.45, 2.75) is 45.6 Å². The smallest absolute Gasteiger partial charge is 0.410 e. The number of hydrogen-bond acceptors (Lipinski definition) is 4. The van der Waals surface area contributed by atoms with Crippen LogP contribution in [0.3, 0.4) is 0 Å². The van der Waals surface area contributed by atoms with Crippen molar-refractivity contribution in [3.8, 4) is 0 Å². The maximum absolute atomic E-state index is 12.0. The highest BCUT2D eigenvalue weighted by molar-refractivity contribution is 5.79. The molecule has 0 unspecified atom stereocenters. The maximum atomic E-state index is 12.0. The zero-order valence-corrected chi connectivity index (χ0v) is 13.7. The minimum Gasteiger partial charge on any atom is -0.444 e. The van der Waals surface area contributed by atoms with E-state index in [-0.39, 0.29) is 17.9 Å². The summed E-state index contributed by atoms with van der Waals surface area (Å²) in [4.78, 5) is 25.6. The van der Waals surface area contributed by atoms with Crippen LogP contribution in [0.2, 0.25) is 0 Å². The average Bonchev–Trinajstić information content (AvgIpc) is 2.41. The molecule has 1 rings (SSSR count). The summed E-state index contributed by atoms with van der Waals surface area (Å²) in [5.74, 6) is 0.119. The molecule has 0 aliphatic carbocycles. The molecule has 2 amide bonds. The van der Waals surface area contributed by atoms with Crippen LogP contribution >= 0.6 is 0 Å². The molecule has 0 aromatic carbocycles. The van der Waals surface area contributed by atoms with Gasteiger partial charge in [-0.3, -0.25) is 4.79 Å². The van der Waals surface area contributed by atoms with Crippen LogP contribution in [-0.2, 0) is 9.53 Å². The highest BCUT2D eigenvalue weighted by atomic mass is 16.6. The van der Waals surface area contributed by atoms with Crippen LogP contribution in [0.25, 0.3) is 0 Å². The molecule has 0 radical (unpaired) electrons. The molecule has 2 N–H and O–H groups in total. The number of piperidine rings is 1. The number of hydrogen-bond donors (Lipinski definition) is 2. The van der Waals surface area contributed by atoms with E-state index in [1.807, 2.05) is 27.8 Å². The number of nitrogens with one attached hydrogen (secondary N) is 2. The molecule has 1 aliphatic heterocycles. The first-order chi connectivity index (χ1) is 9.83. The zero-order chi connectivity index (χ0) is 15.9. The minimum absolute atomic E-state index is 0.0123. The van der Waals surface area contributed by atoms with Gasteiger partial charge in [0, 0.05) is 25.6 Å². The fourth-order valence-corrected chi connectivity index (χ4v) is 2.27. The van der Waals surface area contributed by atoms with Gasteiger partial charge in [-0.15, -0.1) is 0 Å². The van der Waals surface area contributed by atoms with Crippen LogP contribution in [0.4, 0.5) is 4.79 Å². The van der Waals surface area contributed by atoms with E-state index in [0.29, 0.717) is 32.5 Å². The van der Waals surface area contributed by atoms with Gasteiger partial charge in [0.15, 0.2) is 0 Å². The van der Waals surface area contributed by atoms with Gasteiger partial charge < -0.3 is 20.3 Å². The van der Waals surface area contributed by atoms with Gasteiger partial charge >= 0.3 is 6.09 Å². The highest BCUT2D eigenvalue weighted by Gasteiger charge is 2.29. The van der Waals surface area contributed by atoms with E-state index < -0.39 is 5.60 Å². The monoisotopic (exact) mass is 299 g/mol. The van der Waals surface area contributed by atoms with Crippen LogP contribution in [0.5, 0.6) is 0 Å². The van der Waals surface area contributed by atoms with E-state index in [9.17, 15) is 9.59 Å². The third-order valence-corrected chi connectivity index (χ3v) is 3.42. The summed E-state index contributed by atoms with van der Waals surface area (Å²) >= 11 is 0. The Morgan fingerprint density at radius 2 is 1.81 bits per heavy atom. The Balaban J connectivity index is 2.28. The molecule has 1 fully saturated rings. The quantitative estimate of drug-likeness (QED) is 0.752. The fourth-order valence-electron chi connectivity index (χ4n) is 2.27. The number of carbonyl (C=O) groups is 2. The number of amides is 2. The largest absolute Gasteiger partial charge is 0.444 e. The van der Waals surface area contributed by atoms with Crippen molar-refractivity contribution in [3.63, 3.8) is 0 Å². The predicted octanol–water partition coefficient (Wildman–Crippen LogP) is 1.36. The lowest BCUT2D eigenvalue weighted by Crippen LogP contribution is -2.45. The molecular weight excluding hydrogens is 270 g/mol. The second-order valence-electron chi connectivity index (χ2n) is 6.49. The molecule has 0 atom stereocenters. The van der Waals surface area contributed by atoms with E-state index in [2.05, 4.69) is 10.6 Å². The predicted molar refractivity (Wildman–Crippen MR) is 82.1 cm³/mol. The first-order valence-electron chi connectivity index (χ1n) is 7.73. The molecule has 0 aromatic heterocycles. The van der Waals surface area contributed by atoms with E-state index in [1.54, 1.807) is 4.90 Å². The Morgan fingerprint density at radius 3 is 2.33 bits per heavy atom. The van der Waals surface area contributed by atoms with Crippen molar-refractivity contribution in [2.24, 2.45) is 5.92 Å². The molecule has 0 aromatic rings. The molecule has 0 bridgehead atoms. The van der Waals surface area contributed by atoms with E-state index in [4.69, 9.17) is 4.74 Å². The molecule has 0 spiro atoms. The van der Waals surface area contributed by atoms with Crippen LogP contribution in [0.15, 0.2) is 0 Å². The SMILES string of the molecule is CNCCCNC(=O)C1CCN(C(=O)OC(C)(C)C)CC1. The topological polar surface area (TPSA) is 70.7 Å². The lowest BCUT2D eigenvalue weighted by atomic mass is 9.96. The van der Waals surface area contributed by atoms with Crippen molar-refractivity contribution in [2.75, 3.05) is 33.2 Å². The molecule has 0 saturated carbocycles. The summed E-state index contributed by atoms with van der Waals surface area (Å²) in [7, 11) is 1.90. The Kier molecular flexibility index (Phi) is 6.95. The Bertz CT molecular complexity index is 345. The van der Waals surface area contributed by atoms with Crippen molar-refractivity contribution in [1.82, 2.24) is 15.5 Å². The van der Waals surface area contributed by atoms with E-state index in [0.717, 1.165) is 13.0 Å². The normalized spacial score (nSPS) is 16.7. The summed E-state index contributed by atoms with van der Waals surface area (Å²) in [6.07, 6.45) is 2.06. The Hall–Kier alpha value is -1.30. The summed E-state index contributed by atoms with van der Waals surface area (Å²) in [5, 5.41) is 6.00. The molecule has 122 valence electrons. The van der Waals surface area contributed by atoms with Crippen molar-refractivity contribution >= 4 is 12.0 Å². The molecule has 1 aliphatic rings. The first-order valence-corrected chi connectivity index (χ1v) is 7.73. The molecular formula is C15H29N3O3. The average molecular weight is 299 g/mol. The standard InChI is InChI=1S/C15H29N3O3/c1-15(2,3)21-14(20)18-10-6-12(7-11-18)13(19)17-9-5-8-16-4/h12,16H,5-11H2,1-4H3,(H,17,19). The second-order valence-corrected chi connectivity index (χ2v) is 6.49. The van der Waals surface area contributed by atoms with Gasteiger partial charge in [-0.25, -0.2) is 4.79 Å². The molecule has 21 heavy (non-hydrogen) atoms. The third kappa shape index (κ3) is 6.80. The fraction of sp³-hybridized carbons (Fsp3) is 0.867. The highest BCUT2D eigenvalue weighted by Crippen LogP contribution is 2.19. The number of rotatable bonds is 5. The van der Waals surface area contributed by atoms with E-state index >= 15 is 0 Å². The van der Waals surface area contributed by atoms with Gasteiger partial charge in [0.1, 0.15) is 5.60 Å². The second kappa shape index (κ2) is 8.22. The van der Waals surface area contributed by atoms with Gasteiger partial charge in [0.25, 0.3) is 0 Å². The lowest BCUT2D eigenvalue weighted by molar-refractivity contribution is -0.126. The van der Waals surface area contributed by atoms with Crippen LogP contribution in [0.1, 0.15) is 40.0 Å². The Labute approximate surface area is 127 Å². The number of likely N-dealkylation sites (tertiary alicyclic amines) is 1. The summed E-state index contributed by atoms with van der Waals surface area (Å²) in [6.45, 7) is 8.35. The Morgan fingerprint density at radius 1 is 1.19 bits per heavy atom. The summed E-state index contributed by atoms with van der Waals surface area (Å²) in [6, 6.07) is 0. The van der Waals surface area contributed by atoms with Crippen molar-refractivity contribution < 1.29 is 14.3 Å². The number of carbonyl (C=O) groups excluding carboxylic acids is 2. The van der Waals surface area contributed by atoms with Crippen LogP contribution in [0, 0.1) is 5.92 Å². The lowest BCUT2D eigenvalue weighted by Gasteiger charge is -2.32. The van der Waals surface area contributed by atoms with Crippen LogP contribution < -0.4 is 10.6 Å². The summed E-state index contributed by atoms with van der Waals surface area (Å²) in [5.41, 5.74) is -0.474. The van der Waals surface area contributed by atoms with Gasteiger partial charge in [-0.05, 0) is 53.6 Å². The van der Waals surface area contributed by atoms with E-state index in [1.165, 1.54) is 0 Å². The van der Waals surface area contributed by atoms with Crippen molar-refractivity contribution in [3.05, 3.63) is 0 Å².